The summed E-state index contributed by atoms with van der Waals surface area (Å²) < 4.78 is 0. The maximum absolute atomic E-state index is 3.97. The normalized spacial score (nSPS) is 11.5. The van der Waals surface area contributed by atoms with Gasteiger partial charge in [-0.05, 0) is 127 Å². The molecule has 0 unspecified atom stereocenters. The van der Waals surface area contributed by atoms with E-state index in [0.29, 0.717) is 0 Å². The molecule has 0 N–H and O–H groups in total. The average molecular weight is 742 g/mol. The molecule has 0 aliphatic rings. The van der Waals surface area contributed by atoms with Crippen molar-refractivity contribution in [3.05, 3.63) is 235 Å². The lowest BCUT2D eigenvalue weighted by Crippen LogP contribution is -2.09. The van der Waals surface area contributed by atoms with E-state index in [2.05, 4.69) is 236 Å². The second-order valence-electron chi connectivity index (χ2n) is 14.5. The summed E-state index contributed by atoms with van der Waals surface area (Å²) in [6.07, 6.45) is 10.5. The third-order valence-corrected chi connectivity index (χ3v) is 10.9. The van der Waals surface area contributed by atoms with Gasteiger partial charge in [0.05, 0.1) is 0 Å². The lowest BCUT2D eigenvalue weighted by atomic mass is 9.86. The summed E-state index contributed by atoms with van der Waals surface area (Å²) in [6.45, 7) is 6.01. The van der Waals surface area contributed by atoms with Crippen LogP contribution in [0.25, 0.3) is 79.2 Å². The fourth-order valence-electron chi connectivity index (χ4n) is 8.13. The van der Waals surface area contributed by atoms with E-state index in [9.17, 15) is 0 Å². The molecule has 0 aliphatic heterocycles. The number of para-hydroxylation sites is 2. The highest BCUT2D eigenvalue weighted by Crippen LogP contribution is 2.44. The van der Waals surface area contributed by atoms with E-state index in [1.54, 1.807) is 0 Å². The largest absolute Gasteiger partial charge is 0.311 e. The Balaban J connectivity index is 1.03. The summed E-state index contributed by atoms with van der Waals surface area (Å²) in [6, 6.07) is 72.2. The van der Waals surface area contributed by atoms with Crippen molar-refractivity contribution in [2.24, 2.45) is 0 Å². The van der Waals surface area contributed by atoms with Crippen molar-refractivity contribution in [1.29, 1.82) is 0 Å². The van der Waals surface area contributed by atoms with Crippen LogP contribution in [-0.4, -0.2) is 0 Å². The Morgan fingerprint density at radius 2 is 0.759 bits per heavy atom. The van der Waals surface area contributed by atoms with Gasteiger partial charge in [0.15, 0.2) is 0 Å². The van der Waals surface area contributed by atoms with Crippen LogP contribution >= 0.6 is 0 Å². The number of anilines is 3. The van der Waals surface area contributed by atoms with Crippen LogP contribution in [0.3, 0.4) is 0 Å². The standard InChI is InChI=1S/C57H43N/c1-3-15-47-40-48(35-34-43(47)4-2)44-30-26-41(27-31-44)24-25-42-28-32-45(33-29-42)56-52-20-11-13-22-54(52)57(55-23-14-12-21-53(55)56)46-36-38-51(39-37-46)58(49-16-7-5-8-17-49)50-18-9-6-10-19-50/h3-40H,2H2,1H3. The molecule has 0 heterocycles. The topological polar surface area (TPSA) is 3.24 Å². The Hall–Kier alpha value is -7.48. The third-order valence-electron chi connectivity index (χ3n) is 10.9. The Labute approximate surface area is 341 Å². The van der Waals surface area contributed by atoms with Crippen molar-refractivity contribution in [2.75, 3.05) is 4.90 Å². The summed E-state index contributed by atoms with van der Waals surface area (Å²) in [5.41, 5.74) is 15.3. The van der Waals surface area contributed by atoms with E-state index in [1.807, 2.05) is 13.0 Å². The minimum Gasteiger partial charge on any atom is -0.311 e. The van der Waals surface area contributed by atoms with Gasteiger partial charge in [0.25, 0.3) is 0 Å². The van der Waals surface area contributed by atoms with Crippen molar-refractivity contribution in [3.63, 3.8) is 0 Å². The van der Waals surface area contributed by atoms with Crippen LogP contribution in [0, 0.1) is 0 Å². The van der Waals surface area contributed by atoms with E-state index in [1.165, 1.54) is 60.5 Å². The van der Waals surface area contributed by atoms with Gasteiger partial charge >= 0.3 is 0 Å². The minimum atomic E-state index is 1.12. The number of rotatable bonds is 10. The van der Waals surface area contributed by atoms with Gasteiger partial charge in [0.1, 0.15) is 0 Å². The van der Waals surface area contributed by atoms with E-state index >= 15 is 0 Å². The Morgan fingerprint density at radius 3 is 1.21 bits per heavy atom. The average Bonchev–Trinajstić information content (AvgIpc) is 3.29. The Bertz CT molecular complexity index is 2820. The molecule has 1 nitrogen and oxygen atoms in total. The first-order chi connectivity index (χ1) is 28.7. The zero-order chi connectivity index (χ0) is 39.3. The minimum absolute atomic E-state index is 1.12. The van der Waals surface area contributed by atoms with Gasteiger partial charge in [-0.2, -0.15) is 0 Å². The highest BCUT2D eigenvalue weighted by atomic mass is 15.1. The molecule has 276 valence electrons. The zero-order valence-corrected chi connectivity index (χ0v) is 32.6. The number of benzene rings is 9. The van der Waals surface area contributed by atoms with E-state index in [-0.39, 0.29) is 0 Å². The second kappa shape index (κ2) is 16.3. The van der Waals surface area contributed by atoms with Crippen molar-refractivity contribution in [3.8, 4) is 33.4 Å². The number of hydrogen-bond donors (Lipinski definition) is 0. The van der Waals surface area contributed by atoms with Crippen molar-refractivity contribution < 1.29 is 0 Å². The first kappa shape index (κ1) is 36.2. The molecule has 9 aromatic rings. The molecule has 0 bridgehead atoms. The van der Waals surface area contributed by atoms with Crippen LogP contribution in [0.15, 0.2) is 213 Å². The maximum atomic E-state index is 3.97. The zero-order valence-electron chi connectivity index (χ0n) is 32.6. The number of hydrogen-bond acceptors (Lipinski definition) is 1. The summed E-state index contributed by atoms with van der Waals surface area (Å²) in [5.74, 6) is 0. The van der Waals surface area contributed by atoms with Crippen molar-refractivity contribution in [2.45, 2.75) is 6.92 Å². The molecule has 0 atom stereocenters. The van der Waals surface area contributed by atoms with Gasteiger partial charge in [-0.1, -0.05) is 195 Å². The summed E-state index contributed by atoms with van der Waals surface area (Å²) in [5, 5.41) is 4.98. The molecular weight excluding hydrogens is 699 g/mol. The second-order valence-corrected chi connectivity index (χ2v) is 14.5. The van der Waals surface area contributed by atoms with Crippen LogP contribution < -0.4 is 4.90 Å². The number of nitrogens with zero attached hydrogens (tertiary/aromatic N) is 1. The van der Waals surface area contributed by atoms with Gasteiger partial charge in [-0.3, -0.25) is 0 Å². The first-order valence-corrected chi connectivity index (χ1v) is 19.9. The molecule has 9 rings (SSSR count). The monoisotopic (exact) mass is 741 g/mol. The molecule has 0 spiro atoms. The molecule has 0 saturated carbocycles. The van der Waals surface area contributed by atoms with E-state index < -0.39 is 0 Å². The SMILES string of the molecule is C=Cc1ccc(-c2ccc(C=Cc3ccc(-c4c5ccccc5c(-c5ccc(N(c6ccccc6)c6ccccc6)cc5)c5ccccc45)cc3)cc2)cc1C=CC. The summed E-state index contributed by atoms with van der Waals surface area (Å²) in [7, 11) is 0. The third kappa shape index (κ3) is 7.18. The Morgan fingerprint density at radius 1 is 0.362 bits per heavy atom. The van der Waals surface area contributed by atoms with Crippen molar-refractivity contribution >= 4 is 62.9 Å². The van der Waals surface area contributed by atoms with Gasteiger partial charge in [-0.15, -0.1) is 0 Å². The predicted molar refractivity (Wildman–Crippen MR) is 253 cm³/mol. The van der Waals surface area contributed by atoms with Gasteiger partial charge in [0, 0.05) is 17.1 Å². The molecule has 0 aliphatic carbocycles. The highest BCUT2D eigenvalue weighted by molar-refractivity contribution is 6.21. The van der Waals surface area contributed by atoms with E-state index in [4.69, 9.17) is 0 Å². The lowest BCUT2D eigenvalue weighted by Gasteiger charge is -2.25. The maximum Gasteiger partial charge on any atom is 0.0462 e. The molecule has 0 fully saturated rings. The van der Waals surface area contributed by atoms with Gasteiger partial charge in [-0.25, -0.2) is 0 Å². The van der Waals surface area contributed by atoms with Crippen molar-refractivity contribution in [1.82, 2.24) is 0 Å². The fraction of sp³-hybridized carbons (Fsp3) is 0.0175. The fourth-order valence-corrected chi connectivity index (χ4v) is 8.13. The molecule has 0 aromatic heterocycles. The van der Waals surface area contributed by atoms with Crippen LogP contribution in [0.2, 0.25) is 0 Å². The number of allylic oxidation sites excluding steroid dienone is 1. The molecule has 58 heavy (non-hydrogen) atoms. The molecule has 0 saturated heterocycles. The van der Waals surface area contributed by atoms with Crippen LogP contribution in [0.5, 0.6) is 0 Å². The molecule has 1 heteroatoms. The van der Waals surface area contributed by atoms with Crippen LogP contribution in [-0.2, 0) is 0 Å². The molecule has 9 aromatic carbocycles. The number of fused-ring (bicyclic) bond motifs is 2. The quantitative estimate of drug-likeness (QED) is 0.0996. The van der Waals surface area contributed by atoms with Crippen LogP contribution in [0.4, 0.5) is 17.1 Å². The Kier molecular flexibility index (Phi) is 10.2. The summed E-state index contributed by atoms with van der Waals surface area (Å²) in [4.78, 5) is 2.31. The predicted octanol–water partition coefficient (Wildman–Crippen LogP) is 16.3. The molecule has 0 radical (unpaired) electrons. The smallest absolute Gasteiger partial charge is 0.0462 e. The lowest BCUT2D eigenvalue weighted by molar-refractivity contribution is 1.28. The summed E-state index contributed by atoms with van der Waals surface area (Å²) >= 11 is 0. The van der Waals surface area contributed by atoms with Gasteiger partial charge < -0.3 is 4.90 Å². The highest BCUT2D eigenvalue weighted by Gasteiger charge is 2.18. The molecular formula is C57H43N. The molecule has 0 amide bonds. The van der Waals surface area contributed by atoms with E-state index in [0.717, 1.165) is 33.8 Å². The first-order valence-electron chi connectivity index (χ1n) is 19.9. The van der Waals surface area contributed by atoms with Crippen LogP contribution in [0.1, 0.15) is 29.2 Å². The van der Waals surface area contributed by atoms with Gasteiger partial charge in [0.2, 0.25) is 0 Å².